The first-order chi connectivity index (χ1) is 10.3. The fraction of sp³-hybridized carbons (Fsp3) is 0.222. The van der Waals surface area contributed by atoms with Crippen LogP contribution in [0.1, 0.15) is 18.1 Å². The second-order valence-electron chi connectivity index (χ2n) is 5.10. The van der Waals surface area contributed by atoms with E-state index in [-0.39, 0.29) is 0 Å². The summed E-state index contributed by atoms with van der Waals surface area (Å²) < 4.78 is 8.12. The summed E-state index contributed by atoms with van der Waals surface area (Å²) in [7, 11) is 0. The zero-order chi connectivity index (χ0) is 14.7. The standard InChI is InChI=1S/C18H20N2O/c1-2-20-12-15(13-21-16-6-4-3-5-7-16)17-9-8-14(11-19)10-18(17)20/h3-10,12H,2,11,13,19H2,1H3. The molecule has 0 saturated heterocycles. The van der Waals surface area contributed by atoms with E-state index in [1.807, 2.05) is 30.3 Å². The molecule has 0 spiro atoms. The van der Waals surface area contributed by atoms with Crippen LogP contribution >= 0.6 is 0 Å². The van der Waals surface area contributed by atoms with Crippen molar-refractivity contribution in [2.24, 2.45) is 5.73 Å². The molecule has 0 bridgehead atoms. The molecule has 0 amide bonds. The lowest BCUT2D eigenvalue weighted by Crippen LogP contribution is -1.97. The van der Waals surface area contributed by atoms with Gasteiger partial charge in [0.1, 0.15) is 12.4 Å². The first-order valence-electron chi connectivity index (χ1n) is 7.30. The number of hydrogen-bond donors (Lipinski definition) is 1. The summed E-state index contributed by atoms with van der Waals surface area (Å²) in [6.45, 7) is 4.24. The number of nitrogens with zero attached hydrogens (tertiary/aromatic N) is 1. The molecule has 3 aromatic rings. The van der Waals surface area contributed by atoms with Crippen LogP contribution in [0.25, 0.3) is 10.9 Å². The minimum absolute atomic E-state index is 0.570. The van der Waals surface area contributed by atoms with Crippen LogP contribution in [0.4, 0.5) is 0 Å². The molecule has 0 aliphatic carbocycles. The van der Waals surface area contributed by atoms with Gasteiger partial charge in [-0.1, -0.05) is 30.3 Å². The number of hydrogen-bond acceptors (Lipinski definition) is 2. The number of ether oxygens (including phenoxy) is 1. The molecule has 2 N–H and O–H groups in total. The zero-order valence-electron chi connectivity index (χ0n) is 12.3. The maximum absolute atomic E-state index is 5.88. The van der Waals surface area contributed by atoms with Crippen molar-refractivity contribution in [2.75, 3.05) is 0 Å². The normalized spacial score (nSPS) is 11.0. The Hall–Kier alpha value is -2.26. The molecule has 0 atom stereocenters. The average Bonchev–Trinajstić information content (AvgIpc) is 2.91. The van der Waals surface area contributed by atoms with Gasteiger partial charge in [0.15, 0.2) is 0 Å². The lowest BCUT2D eigenvalue weighted by molar-refractivity contribution is 0.307. The second kappa shape index (κ2) is 6.02. The number of benzene rings is 2. The van der Waals surface area contributed by atoms with Gasteiger partial charge in [0, 0.05) is 35.8 Å². The highest BCUT2D eigenvalue weighted by molar-refractivity contribution is 5.84. The monoisotopic (exact) mass is 280 g/mol. The molecule has 0 saturated carbocycles. The van der Waals surface area contributed by atoms with E-state index < -0.39 is 0 Å². The third kappa shape index (κ3) is 2.78. The molecule has 108 valence electrons. The zero-order valence-corrected chi connectivity index (χ0v) is 12.3. The first-order valence-corrected chi connectivity index (χ1v) is 7.30. The molecule has 3 nitrogen and oxygen atoms in total. The van der Waals surface area contributed by atoms with Crippen LogP contribution in [0.2, 0.25) is 0 Å². The molecule has 1 heterocycles. The van der Waals surface area contributed by atoms with E-state index in [2.05, 4.69) is 35.9 Å². The van der Waals surface area contributed by atoms with E-state index in [0.717, 1.165) is 17.9 Å². The Kier molecular flexibility index (Phi) is 3.93. The van der Waals surface area contributed by atoms with E-state index in [9.17, 15) is 0 Å². The minimum Gasteiger partial charge on any atom is -0.489 e. The van der Waals surface area contributed by atoms with E-state index in [1.54, 1.807) is 0 Å². The van der Waals surface area contributed by atoms with Gasteiger partial charge in [-0.2, -0.15) is 0 Å². The first kappa shape index (κ1) is 13.7. The third-order valence-electron chi connectivity index (χ3n) is 3.74. The summed E-state index contributed by atoms with van der Waals surface area (Å²) in [5, 5.41) is 1.24. The fourth-order valence-electron chi connectivity index (χ4n) is 2.60. The molecule has 0 fully saturated rings. The van der Waals surface area contributed by atoms with E-state index in [0.29, 0.717) is 13.2 Å². The summed E-state index contributed by atoms with van der Waals surface area (Å²) in [6.07, 6.45) is 2.17. The van der Waals surface area contributed by atoms with Crippen molar-refractivity contribution in [2.45, 2.75) is 26.6 Å². The van der Waals surface area contributed by atoms with Gasteiger partial charge in [0.25, 0.3) is 0 Å². The lowest BCUT2D eigenvalue weighted by atomic mass is 10.1. The van der Waals surface area contributed by atoms with Crippen molar-refractivity contribution in [3.63, 3.8) is 0 Å². The smallest absolute Gasteiger partial charge is 0.119 e. The Bertz CT molecular complexity index is 732. The summed E-state index contributed by atoms with van der Waals surface area (Å²) in [4.78, 5) is 0. The summed E-state index contributed by atoms with van der Waals surface area (Å²) >= 11 is 0. The molecular weight excluding hydrogens is 260 g/mol. The Balaban J connectivity index is 1.91. The van der Waals surface area contributed by atoms with Crippen LogP contribution in [0.3, 0.4) is 0 Å². The van der Waals surface area contributed by atoms with E-state index in [4.69, 9.17) is 10.5 Å². The maximum Gasteiger partial charge on any atom is 0.119 e. The molecule has 0 aliphatic rings. The molecule has 21 heavy (non-hydrogen) atoms. The Labute approximate surface area is 125 Å². The fourth-order valence-corrected chi connectivity index (χ4v) is 2.60. The van der Waals surface area contributed by atoms with Crippen molar-refractivity contribution in [1.82, 2.24) is 4.57 Å². The van der Waals surface area contributed by atoms with Crippen molar-refractivity contribution >= 4 is 10.9 Å². The number of para-hydroxylation sites is 1. The van der Waals surface area contributed by atoms with Gasteiger partial charge >= 0.3 is 0 Å². The molecule has 0 aliphatic heterocycles. The van der Waals surface area contributed by atoms with Crippen molar-refractivity contribution < 1.29 is 4.74 Å². The van der Waals surface area contributed by atoms with Gasteiger partial charge in [-0.15, -0.1) is 0 Å². The van der Waals surface area contributed by atoms with Gasteiger partial charge in [-0.3, -0.25) is 0 Å². The minimum atomic E-state index is 0.570. The quantitative estimate of drug-likeness (QED) is 0.774. The predicted octanol–water partition coefficient (Wildman–Crippen LogP) is 3.70. The topological polar surface area (TPSA) is 40.2 Å². The van der Waals surface area contributed by atoms with Gasteiger partial charge in [-0.25, -0.2) is 0 Å². The molecule has 3 heteroatoms. The summed E-state index contributed by atoms with van der Waals surface area (Å²) in [5.74, 6) is 0.897. The molecule has 1 aromatic heterocycles. The van der Waals surface area contributed by atoms with Crippen molar-refractivity contribution in [3.05, 3.63) is 65.9 Å². The third-order valence-corrected chi connectivity index (χ3v) is 3.74. The SMILES string of the molecule is CCn1cc(COc2ccccc2)c2ccc(CN)cc21. The van der Waals surface area contributed by atoms with Crippen LogP contribution in [-0.2, 0) is 19.7 Å². The number of rotatable bonds is 5. The van der Waals surface area contributed by atoms with Crippen molar-refractivity contribution in [1.29, 1.82) is 0 Å². The Morgan fingerprint density at radius 1 is 1.10 bits per heavy atom. The number of fused-ring (bicyclic) bond motifs is 1. The molecule has 2 aromatic carbocycles. The average molecular weight is 280 g/mol. The van der Waals surface area contributed by atoms with E-state index in [1.165, 1.54) is 16.5 Å². The highest BCUT2D eigenvalue weighted by Crippen LogP contribution is 2.24. The van der Waals surface area contributed by atoms with E-state index >= 15 is 0 Å². The maximum atomic E-state index is 5.88. The van der Waals surface area contributed by atoms with Crippen LogP contribution in [0.5, 0.6) is 5.75 Å². The molecule has 0 radical (unpaired) electrons. The largest absolute Gasteiger partial charge is 0.489 e. The van der Waals surface area contributed by atoms with Crippen LogP contribution in [-0.4, -0.2) is 4.57 Å². The van der Waals surface area contributed by atoms with Gasteiger partial charge in [0.2, 0.25) is 0 Å². The van der Waals surface area contributed by atoms with Gasteiger partial charge < -0.3 is 15.0 Å². The van der Waals surface area contributed by atoms with Crippen molar-refractivity contribution in [3.8, 4) is 5.75 Å². The Morgan fingerprint density at radius 3 is 2.62 bits per heavy atom. The predicted molar refractivity (Wildman–Crippen MR) is 86.3 cm³/mol. The molecular formula is C18H20N2O. The lowest BCUT2D eigenvalue weighted by Gasteiger charge is -2.05. The highest BCUT2D eigenvalue weighted by atomic mass is 16.5. The van der Waals surface area contributed by atoms with Gasteiger partial charge in [0.05, 0.1) is 0 Å². The number of aromatic nitrogens is 1. The summed E-state index contributed by atoms with van der Waals surface area (Å²) in [5.41, 5.74) is 9.33. The second-order valence-corrected chi connectivity index (χ2v) is 5.10. The summed E-state index contributed by atoms with van der Waals surface area (Å²) in [6, 6.07) is 16.3. The molecule has 0 unspecified atom stereocenters. The van der Waals surface area contributed by atoms with Crippen LogP contribution < -0.4 is 10.5 Å². The van der Waals surface area contributed by atoms with Crippen LogP contribution in [0.15, 0.2) is 54.7 Å². The number of aryl methyl sites for hydroxylation is 1. The number of nitrogens with two attached hydrogens (primary N) is 1. The van der Waals surface area contributed by atoms with Crippen LogP contribution in [0, 0.1) is 0 Å². The molecule has 3 rings (SSSR count). The highest BCUT2D eigenvalue weighted by Gasteiger charge is 2.09. The van der Waals surface area contributed by atoms with Gasteiger partial charge in [-0.05, 0) is 30.7 Å². The Morgan fingerprint density at radius 2 is 1.90 bits per heavy atom.